The van der Waals surface area contributed by atoms with Gasteiger partial charge in [-0.3, -0.25) is 4.79 Å². The van der Waals surface area contributed by atoms with Crippen LogP contribution in [0.5, 0.6) is 0 Å². The SMILES string of the molecule is Cc1nc(Cn2cc(C(=O)NC(CO)C(C)(C)C)nn2)no1. The fourth-order valence-corrected chi connectivity index (χ4v) is 1.80. The first-order valence-corrected chi connectivity index (χ1v) is 6.90. The van der Waals surface area contributed by atoms with Gasteiger partial charge in [-0.1, -0.05) is 31.1 Å². The van der Waals surface area contributed by atoms with Gasteiger partial charge in [0.15, 0.2) is 11.5 Å². The van der Waals surface area contributed by atoms with Gasteiger partial charge in [-0.15, -0.1) is 5.10 Å². The third-order valence-electron chi connectivity index (χ3n) is 3.18. The van der Waals surface area contributed by atoms with E-state index >= 15 is 0 Å². The van der Waals surface area contributed by atoms with Crippen LogP contribution in [0.2, 0.25) is 0 Å². The quantitative estimate of drug-likeness (QED) is 0.807. The summed E-state index contributed by atoms with van der Waals surface area (Å²) in [6.07, 6.45) is 1.50. The van der Waals surface area contributed by atoms with Gasteiger partial charge in [0.2, 0.25) is 5.89 Å². The van der Waals surface area contributed by atoms with Crippen molar-refractivity contribution in [3.8, 4) is 0 Å². The van der Waals surface area contributed by atoms with Gasteiger partial charge in [-0.25, -0.2) is 4.68 Å². The maximum atomic E-state index is 12.1. The molecule has 1 amide bonds. The molecule has 9 heteroatoms. The smallest absolute Gasteiger partial charge is 0.273 e. The summed E-state index contributed by atoms with van der Waals surface area (Å²) >= 11 is 0. The van der Waals surface area contributed by atoms with Crippen molar-refractivity contribution in [2.45, 2.75) is 40.3 Å². The standard InChI is InChI=1S/C13H20N6O3/c1-8-14-11(17-22-8)6-19-5-9(16-18-19)12(21)15-10(7-20)13(2,3)4/h5,10,20H,6-7H2,1-4H3,(H,15,21). The summed E-state index contributed by atoms with van der Waals surface area (Å²) in [6.45, 7) is 7.61. The van der Waals surface area contributed by atoms with Crippen molar-refractivity contribution in [1.29, 1.82) is 0 Å². The van der Waals surface area contributed by atoms with Crippen molar-refractivity contribution in [1.82, 2.24) is 30.5 Å². The van der Waals surface area contributed by atoms with E-state index < -0.39 is 0 Å². The van der Waals surface area contributed by atoms with E-state index in [4.69, 9.17) is 4.52 Å². The van der Waals surface area contributed by atoms with Crippen molar-refractivity contribution >= 4 is 5.91 Å². The number of nitrogens with one attached hydrogen (secondary N) is 1. The van der Waals surface area contributed by atoms with Crippen LogP contribution in [-0.4, -0.2) is 48.8 Å². The van der Waals surface area contributed by atoms with Crippen LogP contribution < -0.4 is 5.32 Å². The van der Waals surface area contributed by atoms with E-state index in [0.717, 1.165) is 0 Å². The number of carbonyl (C=O) groups is 1. The molecule has 2 aromatic rings. The number of aliphatic hydroxyl groups is 1. The predicted octanol–water partition coefficient (Wildman–Crippen LogP) is 0.155. The zero-order valence-corrected chi connectivity index (χ0v) is 13.1. The molecule has 9 nitrogen and oxygen atoms in total. The van der Waals surface area contributed by atoms with E-state index in [2.05, 4.69) is 25.8 Å². The Labute approximate surface area is 127 Å². The molecule has 0 bridgehead atoms. The van der Waals surface area contributed by atoms with E-state index in [1.54, 1.807) is 6.92 Å². The lowest BCUT2D eigenvalue weighted by molar-refractivity contribution is 0.0843. The monoisotopic (exact) mass is 308 g/mol. The summed E-state index contributed by atoms with van der Waals surface area (Å²) in [4.78, 5) is 16.2. The minimum absolute atomic E-state index is 0.147. The van der Waals surface area contributed by atoms with Gasteiger partial charge in [-0.2, -0.15) is 4.98 Å². The highest BCUT2D eigenvalue weighted by molar-refractivity contribution is 5.92. The van der Waals surface area contributed by atoms with Gasteiger partial charge in [-0.05, 0) is 5.41 Å². The Bertz CT molecular complexity index is 642. The molecular weight excluding hydrogens is 288 g/mol. The molecule has 0 saturated heterocycles. The predicted molar refractivity (Wildman–Crippen MR) is 76.0 cm³/mol. The van der Waals surface area contributed by atoms with E-state index in [0.29, 0.717) is 11.7 Å². The maximum absolute atomic E-state index is 12.1. The Morgan fingerprint density at radius 1 is 1.50 bits per heavy atom. The number of rotatable bonds is 5. The number of hydrogen-bond acceptors (Lipinski definition) is 7. The van der Waals surface area contributed by atoms with Gasteiger partial charge in [0.1, 0.15) is 6.54 Å². The highest BCUT2D eigenvalue weighted by Gasteiger charge is 2.26. The second-order valence-corrected chi connectivity index (χ2v) is 6.11. The molecule has 0 aliphatic carbocycles. The molecule has 0 spiro atoms. The van der Waals surface area contributed by atoms with Crippen molar-refractivity contribution in [3.63, 3.8) is 0 Å². The Morgan fingerprint density at radius 2 is 2.23 bits per heavy atom. The second kappa shape index (κ2) is 6.22. The van der Waals surface area contributed by atoms with E-state index in [1.165, 1.54) is 10.9 Å². The number of aryl methyl sites for hydroxylation is 1. The zero-order valence-electron chi connectivity index (χ0n) is 13.1. The third kappa shape index (κ3) is 3.88. The van der Waals surface area contributed by atoms with Crippen LogP contribution in [0.15, 0.2) is 10.7 Å². The molecule has 1 unspecified atom stereocenters. The van der Waals surface area contributed by atoms with Crippen LogP contribution in [0.1, 0.15) is 43.0 Å². The van der Waals surface area contributed by atoms with Crippen LogP contribution >= 0.6 is 0 Å². The van der Waals surface area contributed by atoms with Crippen molar-refractivity contribution in [3.05, 3.63) is 23.6 Å². The van der Waals surface area contributed by atoms with Crippen molar-refractivity contribution in [2.75, 3.05) is 6.61 Å². The molecule has 2 heterocycles. The van der Waals surface area contributed by atoms with Gasteiger partial charge >= 0.3 is 0 Å². The van der Waals surface area contributed by atoms with Gasteiger partial charge < -0.3 is 14.9 Å². The molecule has 0 radical (unpaired) electrons. The first-order chi connectivity index (χ1) is 10.3. The summed E-state index contributed by atoms with van der Waals surface area (Å²) < 4.78 is 6.31. The summed E-state index contributed by atoms with van der Waals surface area (Å²) in [5, 5.41) is 23.6. The van der Waals surface area contributed by atoms with E-state index in [9.17, 15) is 9.90 Å². The van der Waals surface area contributed by atoms with E-state index in [1.807, 2.05) is 20.8 Å². The summed E-state index contributed by atoms with van der Waals surface area (Å²) in [6, 6.07) is -0.370. The summed E-state index contributed by atoms with van der Waals surface area (Å²) in [5.74, 6) is 0.533. The summed E-state index contributed by atoms with van der Waals surface area (Å²) in [7, 11) is 0. The molecule has 1 atom stereocenters. The highest BCUT2D eigenvalue weighted by atomic mass is 16.5. The molecule has 2 rings (SSSR count). The molecule has 0 aliphatic heterocycles. The normalized spacial score (nSPS) is 13.1. The average Bonchev–Trinajstić information content (AvgIpc) is 3.04. The Balaban J connectivity index is 2.02. The number of amides is 1. The van der Waals surface area contributed by atoms with Crippen LogP contribution in [0.4, 0.5) is 0 Å². The lowest BCUT2D eigenvalue weighted by Crippen LogP contribution is -2.46. The zero-order chi connectivity index (χ0) is 16.3. The molecule has 0 aliphatic rings. The third-order valence-corrected chi connectivity index (χ3v) is 3.18. The topological polar surface area (TPSA) is 119 Å². The Morgan fingerprint density at radius 3 is 2.77 bits per heavy atom. The molecule has 120 valence electrons. The summed E-state index contributed by atoms with van der Waals surface area (Å²) in [5.41, 5.74) is -0.0920. The first kappa shape index (κ1) is 16.1. The fourth-order valence-electron chi connectivity index (χ4n) is 1.80. The van der Waals surface area contributed by atoms with Crippen LogP contribution in [0, 0.1) is 12.3 Å². The lowest BCUT2D eigenvalue weighted by atomic mass is 9.87. The highest BCUT2D eigenvalue weighted by Crippen LogP contribution is 2.19. The molecule has 0 fully saturated rings. The van der Waals surface area contributed by atoms with E-state index in [-0.39, 0.29) is 36.2 Å². The van der Waals surface area contributed by atoms with Crippen molar-refractivity contribution < 1.29 is 14.4 Å². The minimum Gasteiger partial charge on any atom is -0.394 e. The molecule has 22 heavy (non-hydrogen) atoms. The van der Waals surface area contributed by atoms with Gasteiger partial charge in [0.05, 0.1) is 18.8 Å². The molecular formula is C13H20N6O3. The molecule has 2 N–H and O–H groups in total. The van der Waals surface area contributed by atoms with Crippen molar-refractivity contribution in [2.24, 2.45) is 5.41 Å². The Hall–Kier alpha value is -2.29. The largest absolute Gasteiger partial charge is 0.394 e. The fraction of sp³-hybridized carbons (Fsp3) is 0.615. The van der Waals surface area contributed by atoms with Crippen LogP contribution in [-0.2, 0) is 6.54 Å². The van der Waals surface area contributed by atoms with Crippen LogP contribution in [0.25, 0.3) is 0 Å². The average molecular weight is 308 g/mol. The minimum atomic E-state index is -0.385. The molecule has 0 saturated carbocycles. The second-order valence-electron chi connectivity index (χ2n) is 6.11. The number of aromatic nitrogens is 5. The lowest BCUT2D eigenvalue weighted by Gasteiger charge is -2.29. The Kier molecular flexibility index (Phi) is 4.55. The van der Waals surface area contributed by atoms with Gasteiger partial charge in [0.25, 0.3) is 5.91 Å². The first-order valence-electron chi connectivity index (χ1n) is 6.90. The number of nitrogens with zero attached hydrogens (tertiary/aromatic N) is 5. The maximum Gasteiger partial charge on any atom is 0.273 e. The number of hydrogen-bond donors (Lipinski definition) is 2. The van der Waals surface area contributed by atoms with Crippen LogP contribution in [0.3, 0.4) is 0 Å². The number of aliphatic hydroxyl groups excluding tert-OH is 1. The molecule has 2 aromatic heterocycles. The van der Waals surface area contributed by atoms with Gasteiger partial charge in [0, 0.05) is 6.92 Å². The number of carbonyl (C=O) groups excluding carboxylic acids is 1. The molecule has 0 aromatic carbocycles.